The smallest absolute Gasteiger partial charge is 0.192 e. The SMILES string of the molecule is CNCC(O)C(=O)c1cccc(Br)c1. The first-order chi connectivity index (χ1) is 6.65. The minimum absolute atomic E-state index is 0.263. The maximum Gasteiger partial charge on any atom is 0.192 e. The van der Waals surface area contributed by atoms with Gasteiger partial charge in [-0.15, -0.1) is 0 Å². The monoisotopic (exact) mass is 257 g/mol. The number of aliphatic hydroxyl groups is 1. The lowest BCUT2D eigenvalue weighted by molar-refractivity contribution is 0.0750. The Morgan fingerprint density at radius 2 is 2.36 bits per heavy atom. The van der Waals surface area contributed by atoms with Gasteiger partial charge in [-0.05, 0) is 19.2 Å². The Hall–Kier alpha value is -0.710. The molecule has 0 spiro atoms. The van der Waals surface area contributed by atoms with E-state index in [9.17, 15) is 9.90 Å². The highest BCUT2D eigenvalue weighted by Gasteiger charge is 2.15. The summed E-state index contributed by atoms with van der Waals surface area (Å²) in [5.41, 5.74) is 0.516. The number of rotatable bonds is 4. The Morgan fingerprint density at radius 1 is 1.64 bits per heavy atom. The molecule has 0 bridgehead atoms. The largest absolute Gasteiger partial charge is 0.384 e. The van der Waals surface area contributed by atoms with Gasteiger partial charge in [-0.3, -0.25) is 4.79 Å². The molecule has 1 unspecified atom stereocenters. The Kier molecular flexibility index (Phi) is 4.25. The summed E-state index contributed by atoms with van der Waals surface area (Å²) in [5, 5.41) is 12.2. The van der Waals surface area contributed by atoms with Gasteiger partial charge in [-0.25, -0.2) is 0 Å². The summed E-state index contributed by atoms with van der Waals surface area (Å²) < 4.78 is 0.833. The fourth-order valence-corrected chi connectivity index (χ4v) is 1.52. The molecule has 1 aromatic carbocycles. The molecule has 4 heteroatoms. The number of hydrogen-bond donors (Lipinski definition) is 2. The lowest BCUT2D eigenvalue weighted by atomic mass is 10.1. The minimum Gasteiger partial charge on any atom is -0.384 e. The molecule has 1 rings (SSSR count). The Labute approximate surface area is 91.3 Å². The molecule has 2 N–H and O–H groups in total. The summed E-state index contributed by atoms with van der Waals surface area (Å²) in [4.78, 5) is 11.6. The number of carbonyl (C=O) groups excluding carboxylic acids is 1. The Balaban J connectivity index is 2.78. The van der Waals surface area contributed by atoms with E-state index >= 15 is 0 Å². The second kappa shape index (κ2) is 5.24. The molecule has 0 fully saturated rings. The highest BCUT2D eigenvalue weighted by Crippen LogP contribution is 2.13. The van der Waals surface area contributed by atoms with Crippen LogP contribution in [0.2, 0.25) is 0 Å². The van der Waals surface area contributed by atoms with E-state index in [1.54, 1.807) is 25.2 Å². The van der Waals surface area contributed by atoms with Gasteiger partial charge in [-0.1, -0.05) is 28.1 Å². The molecule has 1 aromatic rings. The van der Waals surface area contributed by atoms with Crippen LogP contribution in [0.3, 0.4) is 0 Å². The molecule has 0 aliphatic heterocycles. The summed E-state index contributed by atoms with van der Waals surface area (Å²) >= 11 is 3.27. The van der Waals surface area contributed by atoms with Crippen molar-refractivity contribution >= 4 is 21.7 Å². The second-order valence-electron chi connectivity index (χ2n) is 2.95. The average molecular weight is 258 g/mol. The first-order valence-electron chi connectivity index (χ1n) is 4.27. The summed E-state index contributed by atoms with van der Waals surface area (Å²) in [5.74, 6) is -0.263. The van der Waals surface area contributed by atoms with Crippen molar-refractivity contribution in [2.24, 2.45) is 0 Å². The van der Waals surface area contributed by atoms with Crippen LogP contribution in [0.5, 0.6) is 0 Å². The fraction of sp³-hybridized carbons (Fsp3) is 0.300. The third-order valence-corrected chi connectivity index (χ3v) is 2.30. The zero-order chi connectivity index (χ0) is 10.6. The van der Waals surface area contributed by atoms with Gasteiger partial charge in [0.05, 0.1) is 0 Å². The zero-order valence-electron chi connectivity index (χ0n) is 7.83. The van der Waals surface area contributed by atoms with E-state index in [1.165, 1.54) is 0 Å². The first kappa shape index (κ1) is 11.4. The van der Waals surface area contributed by atoms with Crippen molar-refractivity contribution in [1.82, 2.24) is 5.32 Å². The quantitative estimate of drug-likeness (QED) is 0.798. The predicted molar refractivity (Wildman–Crippen MR) is 58.4 cm³/mol. The van der Waals surface area contributed by atoms with E-state index in [1.807, 2.05) is 6.07 Å². The molecular formula is C10H12BrNO2. The molecule has 3 nitrogen and oxygen atoms in total. The molecule has 1 atom stereocenters. The Bertz CT molecular complexity index is 328. The summed E-state index contributed by atoms with van der Waals surface area (Å²) in [6, 6.07) is 6.98. The maximum atomic E-state index is 11.6. The van der Waals surface area contributed by atoms with Crippen molar-refractivity contribution in [2.75, 3.05) is 13.6 Å². The van der Waals surface area contributed by atoms with Crippen LogP contribution in [-0.2, 0) is 0 Å². The number of ketones is 1. The van der Waals surface area contributed by atoms with E-state index in [-0.39, 0.29) is 12.3 Å². The van der Waals surface area contributed by atoms with Gasteiger partial charge in [-0.2, -0.15) is 0 Å². The molecule has 0 aromatic heterocycles. The molecule has 14 heavy (non-hydrogen) atoms. The summed E-state index contributed by atoms with van der Waals surface area (Å²) in [6.45, 7) is 0.269. The lowest BCUT2D eigenvalue weighted by Gasteiger charge is -2.08. The van der Waals surface area contributed by atoms with Crippen LogP contribution in [-0.4, -0.2) is 30.6 Å². The fourth-order valence-electron chi connectivity index (χ4n) is 1.12. The zero-order valence-corrected chi connectivity index (χ0v) is 9.41. The molecule has 0 aliphatic rings. The average Bonchev–Trinajstić information content (AvgIpc) is 2.17. The molecule has 0 amide bonds. The number of Topliss-reactive ketones (excluding diaryl/α,β-unsaturated/α-hetero) is 1. The van der Waals surface area contributed by atoms with Gasteiger partial charge in [0, 0.05) is 16.6 Å². The number of halogens is 1. The van der Waals surface area contributed by atoms with Crippen LogP contribution in [0.4, 0.5) is 0 Å². The highest BCUT2D eigenvalue weighted by atomic mass is 79.9. The van der Waals surface area contributed by atoms with Crippen LogP contribution in [0.25, 0.3) is 0 Å². The van der Waals surface area contributed by atoms with Crippen molar-refractivity contribution in [3.63, 3.8) is 0 Å². The van der Waals surface area contributed by atoms with Crippen LogP contribution in [0.15, 0.2) is 28.7 Å². The third-order valence-electron chi connectivity index (χ3n) is 1.81. The molecule has 76 valence electrons. The topological polar surface area (TPSA) is 49.3 Å². The Morgan fingerprint density at radius 3 is 2.93 bits per heavy atom. The third kappa shape index (κ3) is 2.90. The summed E-state index contributed by atoms with van der Waals surface area (Å²) in [7, 11) is 1.69. The van der Waals surface area contributed by atoms with Crippen molar-refractivity contribution in [1.29, 1.82) is 0 Å². The maximum absolute atomic E-state index is 11.6. The van der Waals surface area contributed by atoms with Gasteiger partial charge < -0.3 is 10.4 Å². The van der Waals surface area contributed by atoms with Gasteiger partial charge >= 0.3 is 0 Å². The van der Waals surface area contributed by atoms with Crippen LogP contribution >= 0.6 is 15.9 Å². The normalized spacial score (nSPS) is 12.5. The van der Waals surface area contributed by atoms with Gasteiger partial charge in [0.2, 0.25) is 0 Å². The summed E-state index contributed by atoms with van der Waals surface area (Å²) in [6.07, 6.45) is -0.978. The number of carbonyl (C=O) groups is 1. The number of hydrogen-bond acceptors (Lipinski definition) is 3. The first-order valence-corrected chi connectivity index (χ1v) is 5.07. The van der Waals surface area contributed by atoms with E-state index < -0.39 is 6.10 Å². The van der Waals surface area contributed by atoms with E-state index in [0.29, 0.717) is 5.56 Å². The molecule has 0 heterocycles. The van der Waals surface area contributed by atoms with E-state index in [2.05, 4.69) is 21.2 Å². The van der Waals surface area contributed by atoms with Crippen LogP contribution < -0.4 is 5.32 Å². The van der Waals surface area contributed by atoms with E-state index in [0.717, 1.165) is 4.47 Å². The highest BCUT2D eigenvalue weighted by molar-refractivity contribution is 9.10. The number of aliphatic hydroxyl groups excluding tert-OH is 1. The molecule has 0 aliphatic carbocycles. The van der Waals surface area contributed by atoms with Crippen molar-refractivity contribution in [2.45, 2.75) is 6.10 Å². The molecule has 0 radical (unpaired) electrons. The van der Waals surface area contributed by atoms with Crippen LogP contribution in [0.1, 0.15) is 10.4 Å². The van der Waals surface area contributed by atoms with E-state index in [4.69, 9.17) is 0 Å². The number of benzene rings is 1. The standard InChI is InChI=1S/C10H12BrNO2/c1-12-6-9(13)10(14)7-3-2-4-8(11)5-7/h2-5,9,12-13H,6H2,1H3. The van der Waals surface area contributed by atoms with Crippen molar-refractivity contribution in [3.05, 3.63) is 34.3 Å². The van der Waals surface area contributed by atoms with Gasteiger partial charge in [0.25, 0.3) is 0 Å². The van der Waals surface area contributed by atoms with Crippen molar-refractivity contribution < 1.29 is 9.90 Å². The molecular weight excluding hydrogens is 246 g/mol. The van der Waals surface area contributed by atoms with Gasteiger partial charge in [0.15, 0.2) is 5.78 Å². The second-order valence-corrected chi connectivity index (χ2v) is 3.86. The number of likely N-dealkylation sites (N-methyl/N-ethyl adjacent to an activating group) is 1. The predicted octanol–water partition coefficient (Wildman–Crippen LogP) is 1.21. The van der Waals surface area contributed by atoms with Gasteiger partial charge in [0.1, 0.15) is 6.10 Å². The van der Waals surface area contributed by atoms with Crippen LogP contribution in [0, 0.1) is 0 Å². The van der Waals surface area contributed by atoms with Crippen molar-refractivity contribution in [3.8, 4) is 0 Å². The molecule has 0 saturated heterocycles. The molecule has 0 saturated carbocycles. The number of nitrogens with one attached hydrogen (secondary N) is 1. The lowest BCUT2D eigenvalue weighted by Crippen LogP contribution is -2.31. The minimum atomic E-state index is -0.978.